The van der Waals surface area contributed by atoms with Gasteiger partial charge in [0.05, 0.1) is 7.11 Å². The first-order valence-corrected chi connectivity index (χ1v) is 7.22. The summed E-state index contributed by atoms with van der Waals surface area (Å²) in [6.45, 7) is 0.785. The summed E-state index contributed by atoms with van der Waals surface area (Å²) >= 11 is 3.48. The molecule has 0 spiro atoms. The van der Waals surface area contributed by atoms with E-state index in [9.17, 15) is 0 Å². The van der Waals surface area contributed by atoms with E-state index in [1.54, 1.807) is 7.11 Å². The highest BCUT2D eigenvalue weighted by Gasteiger charge is 2.00. The minimum Gasteiger partial charge on any atom is -0.497 e. The Labute approximate surface area is 128 Å². The maximum absolute atomic E-state index is 5.25. The average Bonchev–Trinajstić information content (AvgIpc) is 2.45. The van der Waals surface area contributed by atoms with Crippen molar-refractivity contribution in [3.63, 3.8) is 0 Å². The van der Waals surface area contributed by atoms with E-state index in [1.165, 1.54) is 11.3 Å². The molecule has 2 rings (SSSR count). The fourth-order valence-electron chi connectivity index (χ4n) is 1.90. The van der Waals surface area contributed by atoms with Gasteiger partial charge >= 0.3 is 0 Å². The molecule has 2 aromatic carbocycles. The number of ether oxygens (including phenoxy) is 1. The molecule has 0 aliphatic heterocycles. The molecule has 0 aliphatic carbocycles. The average molecular weight is 335 g/mol. The highest BCUT2D eigenvalue weighted by atomic mass is 79.9. The zero-order chi connectivity index (χ0) is 14.5. The van der Waals surface area contributed by atoms with Gasteiger partial charge in [0.2, 0.25) is 0 Å². The normalized spacial score (nSPS) is 10.2. The van der Waals surface area contributed by atoms with Crippen LogP contribution in [-0.2, 0) is 6.54 Å². The summed E-state index contributed by atoms with van der Waals surface area (Å²) in [7, 11) is 5.76. The van der Waals surface area contributed by atoms with Gasteiger partial charge < -0.3 is 15.0 Å². The minimum absolute atomic E-state index is 0.785. The van der Waals surface area contributed by atoms with Gasteiger partial charge in [-0.15, -0.1) is 0 Å². The quantitative estimate of drug-likeness (QED) is 0.889. The number of rotatable bonds is 5. The largest absolute Gasteiger partial charge is 0.497 e. The Morgan fingerprint density at radius 3 is 2.40 bits per heavy atom. The summed E-state index contributed by atoms with van der Waals surface area (Å²) in [6, 6.07) is 14.5. The highest BCUT2D eigenvalue weighted by Crippen LogP contribution is 2.25. The molecule has 0 saturated heterocycles. The van der Waals surface area contributed by atoms with Gasteiger partial charge in [-0.3, -0.25) is 0 Å². The van der Waals surface area contributed by atoms with Gasteiger partial charge in [-0.05, 0) is 29.8 Å². The fourth-order valence-corrected chi connectivity index (χ4v) is 2.37. The van der Waals surface area contributed by atoms with Gasteiger partial charge in [0.15, 0.2) is 0 Å². The number of benzene rings is 2. The van der Waals surface area contributed by atoms with Crippen molar-refractivity contribution < 1.29 is 4.74 Å². The van der Waals surface area contributed by atoms with Crippen LogP contribution in [0.4, 0.5) is 11.4 Å². The van der Waals surface area contributed by atoms with E-state index >= 15 is 0 Å². The van der Waals surface area contributed by atoms with Crippen LogP contribution in [-0.4, -0.2) is 21.2 Å². The monoisotopic (exact) mass is 334 g/mol. The van der Waals surface area contributed by atoms with Gasteiger partial charge in [-0.2, -0.15) is 0 Å². The number of anilines is 2. The molecule has 106 valence electrons. The molecule has 20 heavy (non-hydrogen) atoms. The summed E-state index contributed by atoms with van der Waals surface area (Å²) in [5.41, 5.74) is 3.49. The summed E-state index contributed by atoms with van der Waals surface area (Å²) in [5, 5.41) is 3.40. The number of hydrogen-bond donors (Lipinski definition) is 1. The number of nitrogens with one attached hydrogen (secondary N) is 1. The van der Waals surface area contributed by atoms with E-state index in [1.807, 2.05) is 32.3 Å². The van der Waals surface area contributed by atoms with Crippen molar-refractivity contribution in [1.29, 1.82) is 0 Å². The SMILES string of the molecule is COc1cc(Br)cc(NCc2ccc(N(C)C)cc2)c1. The predicted octanol–water partition coefficient (Wildman–Crippen LogP) is 4.14. The van der Waals surface area contributed by atoms with Gasteiger partial charge in [0.1, 0.15) is 5.75 Å². The molecule has 3 nitrogen and oxygen atoms in total. The van der Waals surface area contributed by atoms with Crippen molar-refractivity contribution in [3.05, 3.63) is 52.5 Å². The Kier molecular flexibility index (Phi) is 4.90. The third-order valence-corrected chi connectivity index (χ3v) is 3.51. The first-order chi connectivity index (χ1) is 9.58. The van der Waals surface area contributed by atoms with Gasteiger partial charge in [0, 0.05) is 42.6 Å². The van der Waals surface area contributed by atoms with E-state index in [0.29, 0.717) is 0 Å². The lowest BCUT2D eigenvalue weighted by Crippen LogP contribution is -2.08. The first kappa shape index (κ1) is 14.7. The standard InChI is InChI=1S/C16H19BrN2O/c1-19(2)15-6-4-12(5-7-15)11-18-14-8-13(17)9-16(10-14)20-3/h4-10,18H,11H2,1-3H3. The molecule has 0 saturated carbocycles. The maximum atomic E-state index is 5.25. The summed E-state index contributed by atoms with van der Waals surface area (Å²) in [5.74, 6) is 0.838. The molecule has 4 heteroatoms. The van der Waals surface area contributed by atoms with Crippen molar-refractivity contribution in [2.75, 3.05) is 31.4 Å². The van der Waals surface area contributed by atoms with Crippen LogP contribution >= 0.6 is 15.9 Å². The van der Waals surface area contributed by atoms with Gasteiger partial charge in [-0.1, -0.05) is 28.1 Å². The minimum atomic E-state index is 0.785. The maximum Gasteiger partial charge on any atom is 0.122 e. The zero-order valence-corrected chi connectivity index (χ0v) is 13.6. The molecule has 0 radical (unpaired) electrons. The Balaban J connectivity index is 2.03. The molecular formula is C16H19BrN2O. The molecule has 0 fully saturated rings. The van der Waals surface area contributed by atoms with E-state index in [2.05, 4.69) is 50.4 Å². The van der Waals surface area contributed by atoms with E-state index in [4.69, 9.17) is 4.74 Å². The molecule has 0 bridgehead atoms. The topological polar surface area (TPSA) is 24.5 Å². The number of halogens is 1. The van der Waals surface area contributed by atoms with Crippen LogP contribution < -0.4 is 15.0 Å². The predicted molar refractivity (Wildman–Crippen MR) is 88.8 cm³/mol. The molecule has 0 atom stereocenters. The third-order valence-electron chi connectivity index (χ3n) is 3.06. The molecule has 0 unspecified atom stereocenters. The van der Waals surface area contributed by atoms with Crippen LogP contribution in [0.1, 0.15) is 5.56 Å². The Hall–Kier alpha value is -1.68. The molecule has 0 heterocycles. The lowest BCUT2D eigenvalue weighted by atomic mass is 10.2. The lowest BCUT2D eigenvalue weighted by Gasteiger charge is -2.13. The second-order valence-electron chi connectivity index (χ2n) is 4.79. The van der Waals surface area contributed by atoms with Crippen molar-refractivity contribution in [3.8, 4) is 5.75 Å². The molecule has 0 amide bonds. The van der Waals surface area contributed by atoms with Crippen LogP contribution in [0.15, 0.2) is 46.9 Å². The smallest absolute Gasteiger partial charge is 0.122 e. The molecular weight excluding hydrogens is 316 g/mol. The first-order valence-electron chi connectivity index (χ1n) is 6.43. The van der Waals surface area contributed by atoms with Crippen molar-refractivity contribution in [1.82, 2.24) is 0 Å². The number of nitrogens with zero attached hydrogens (tertiary/aromatic N) is 1. The van der Waals surface area contributed by atoms with Crippen LogP contribution in [0.25, 0.3) is 0 Å². The van der Waals surface area contributed by atoms with E-state index < -0.39 is 0 Å². The van der Waals surface area contributed by atoms with E-state index in [-0.39, 0.29) is 0 Å². The van der Waals surface area contributed by atoms with Crippen molar-refractivity contribution >= 4 is 27.3 Å². The summed E-state index contributed by atoms with van der Waals surface area (Å²) < 4.78 is 6.26. The molecule has 0 aromatic heterocycles. The summed E-state index contributed by atoms with van der Waals surface area (Å²) in [6.07, 6.45) is 0. The van der Waals surface area contributed by atoms with E-state index in [0.717, 1.165) is 22.5 Å². The second kappa shape index (κ2) is 6.66. The fraction of sp³-hybridized carbons (Fsp3) is 0.250. The molecule has 0 aliphatic rings. The number of methoxy groups -OCH3 is 1. The van der Waals surface area contributed by atoms with Crippen LogP contribution in [0.2, 0.25) is 0 Å². The van der Waals surface area contributed by atoms with Crippen LogP contribution in [0.3, 0.4) is 0 Å². The Bertz CT molecular complexity index is 567. The van der Waals surface area contributed by atoms with Gasteiger partial charge in [0.25, 0.3) is 0 Å². The van der Waals surface area contributed by atoms with Crippen molar-refractivity contribution in [2.45, 2.75) is 6.54 Å². The highest BCUT2D eigenvalue weighted by molar-refractivity contribution is 9.10. The lowest BCUT2D eigenvalue weighted by molar-refractivity contribution is 0.414. The number of hydrogen-bond acceptors (Lipinski definition) is 3. The zero-order valence-electron chi connectivity index (χ0n) is 12.0. The summed E-state index contributed by atoms with van der Waals surface area (Å²) in [4.78, 5) is 2.09. The van der Waals surface area contributed by atoms with Gasteiger partial charge in [-0.25, -0.2) is 0 Å². The third kappa shape index (κ3) is 3.90. The van der Waals surface area contributed by atoms with Crippen LogP contribution in [0.5, 0.6) is 5.75 Å². The van der Waals surface area contributed by atoms with Crippen LogP contribution in [0, 0.1) is 0 Å². The molecule has 2 aromatic rings. The second-order valence-corrected chi connectivity index (χ2v) is 5.71. The molecule has 1 N–H and O–H groups in total. The Morgan fingerprint density at radius 2 is 1.80 bits per heavy atom. The van der Waals surface area contributed by atoms with Crippen molar-refractivity contribution in [2.24, 2.45) is 0 Å². The Morgan fingerprint density at radius 1 is 1.10 bits per heavy atom.